The molecule has 3 nitrogen and oxygen atoms in total. The SMILES string of the molecule is C=C1CCC2C(C)(C)C(O)CCC2(C)C1CCC(C)=CCOC(C)=O. The van der Waals surface area contributed by atoms with Gasteiger partial charge in [-0.05, 0) is 74.2 Å². The lowest BCUT2D eigenvalue weighted by atomic mass is 9.46. The molecule has 3 heteroatoms. The van der Waals surface area contributed by atoms with Crippen molar-refractivity contribution in [1.82, 2.24) is 0 Å². The predicted molar refractivity (Wildman–Crippen MR) is 102 cm³/mol. The smallest absolute Gasteiger partial charge is 0.302 e. The summed E-state index contributed by atoms with van der Waals surface area (Å²) in [5.41, 5.74) is 2.87. The van der Waals surface area contributed by atoms with E-state index in [1.807, 2.05) is 6.08 Å². The highest BCUT2D eigenvalue weighted by atomic mass is 16.5. The summed E-state index contributed by atoms with van der Waals surface area (Å²) in [5, 5.41) is 10.5. The Labute approximate surface area is 153 Å². The normalized spacial score (nSPS) is 35.2. The number of carbonyl (C=O) groups is 1. The van der Waals surface area contributed by atoms with E-state index in [1.54, 1.807) is 0 Å². The predicted octanol–water partition coefficient (Wildman–Crippen LogP) is 5.05. The van der Waals surface area contributed by atoms with Crippen molar-refractivity contribution in [3.8, 4) is 0 Å². The Morgan fingerprint density at radius 3 is 2.64 bits per heavy atom. The molecule has 0 aromatic carbocycles. The zero-order valence-electron chi connectivity index (χ0n) is 16.7. The minimum atomic E-state index is -0.233. The van der Waals surface area contributed by atoms with E-state index in [9.17, 15) is 9.90 Å². The van der Waals surface area contributed by atoms with Crippen molar-refractivity contribution in [3.63, 3.8) is 0 Å². The first-order chi connectivity index (χ1) is 11.6. The Morgan fingerprint density at radius 1 is 1.32 bits per heavy atom. The summed E-state index contributed by atoms with van der Waals surface area (Å²) in [6.07, 6.45) is 8.14. The third kappa shape index (κ3) is 4.19. The molecule has 2 rings (SSSR count). The lowest BCUT2D eigenvalue weighted by molar-refractivity contribution is -0.139. The van der Waals surface area contributed by atoms with Gasteiger partial charge < -0.3 is 9.84 Å². The van der Waals surface area contributed by atoms with Gasteiger partial charge in [0.25, 0.3) is 0 Å². The third-order valence-corrected chi connectivity index (χ3v) is 7.10. The molecule has 1 N–H and O–H groups in total. The number of carbonyl (C=O) groups excluding carboxylic acids is 1. The van der Waals surface area contributed by atoms with Gasteiger partial charge in [-0.15, -0.1) is 0 Å². The number of rotatable bonds is 5. The van der Waals surface area contributed by atoms with E-state index in [0.29, 0.717) is 18.4 Å². The monoisotopic (exact) mass is 348 g/mol. The van der Waals surface area contributed by atoms with Crippen LogP contribution in [0.3, 0.4) is 0 Å². The van der Waals surface area contributed by atoms with Crippen LogP contribution in [-0.2, 0) is 9.53 Å². The highest BCUT2D eigenvalue weighted by molar-refractivity contribution is 5.66. The number of aliphatic hydroxyl groups is 1. The van der Waals surface area contributed by atoms with Crippen molar-refractivity contribution < 1.29 is 14.6 Å². The second-order valence-corrected chi connectivity index (χ2v) is 9.08. The van der Waals surface area contributed by atoms with Crippen molar-refractivity contribution in [1.29, 1.82) is 0 Å². The maximum Gasteiger partial charge on any atom is 0.302 e. The molecule has 0 aromatic heterocycles. The average Bonchev–Trinajstić information content (AvgIpc) is 2.50. The van der Waals surface area contributed by atoms with E-state index in [4.69, 9.17) is 4.74 Å². The third-order valence-electron chi connectivity index (χ3n) is 7.10. The molecule has 2 aliphatic rings. The first-order valence-electron chi connectivity index (χ1n) is 9.73. The van der Waals surface area contributed by atoms with E-state index < -0.39 is 0 Å². The van der Waals surface area contributed by atoms with E-state index in [2.05, 4.69) is 34.3 Å². The average molecular weight is 349 g/mol. The van der Waals surface area contributed by atoms with Gasteiger partial charge >= 0.3 is 5.97 Å². The maximum absolute atomic E-state index is 10.9. The van der Waals surface area contributed by atoms with Crippen LogP contribution in [0.15, 0.2) is 23.8 Å². The summed E-state index contributed by atoms with van der Waals surface area (Å²) in [5.74, 6) is 0.822. The van der Waals surface area contributed by atoms with Gasteiger partial charge in [-0.2, -0.15) is 0 Å². The molecule has 4 unspecified atom stereocenters. The topological polar surface area (TPSA) is 46.5 Å². The van der Waals surface area contributed by atoms with Crippen molar-refractivity contribution >= 4 is 5.97 Å². The second-order valence-electron chi connectivity index (χ2n) is 9.08. The van der Waals surface area contributed by atoms with Gasteiger partial charge in [-0.3, -0.25) is 4.79 Å². The summed E-state index contributed by atoms with van der Waals surface area (Å²) in [4.78, 5) is 10.9. The van der Waals surface area contributed by atoms with E-state index in [-0.39, 0.29) is 22.9 Å². The number of hydrogen-bond donors (Lipinski definition) is 1. The molecule has 2 saturated carbocycles. The number of aliphatic hydroxyl groups excluding tert-OH is 1. The van der Waals surface area contributed by atoms with E-state index >= 15 is 0 Å². The van der Waals surface area contributed by atoms with Crippen LogP contribution in [0.25, 0.3) is 0 Å². The quantitative estimate of drug-likeness (QED) is 0.559. The molecule has 0 bridgehead atoms. The maximum atomic E-state index is 10.9. The molecule has 25 heavy (non-hydrogen) atoms. The van der Waals surface area contributed by atoms with Gasteiger partial charge in [-0.25, -0.2) is 0 Å². The molecule has 0 radical (unpaired) electrons. The van der Waals surface area contributed by atoms with Crippen LogP contribution < -0.4 is 0 Å². The van der Waals surface area contributed by atoms with Crippen LogP contribution in [0.2, 0.25) is 0 Å². The van der Waals surface area contributed by atoms with Gasteiger partial charge in [0.2, 0.25) is 0 Å². The van der Waals surface area contributed by atoms with Crippen LogP contribution in [0.1, 0.15) is 73.1 Å². The fraction of sp³-hybridized carbons (Fsp3) is 0.773. The fourth-order valence-corrected chi connectivity index (χ4v) is 5.47. The molecule has 0 aliphatic heterocycles. The molecule has 0 spiro atoms. The summed E-state index contributed by atoms with van der Waals surface area (Å²) in [6, 6.07) is 0. The van der Waals surface area contributed by atoms with E-state index in [0.717, 1.165) is 38.5 Å². The van der Waals surface area contributed by atoms with Crippen LogP contribution in [0.4, 0.5) is 0 Å². The Balaban J connectivity index is 2.08. The molecule has 0 heterocycles. The molecule has 0 amide bonds. The summed E-state index contributed by atoms with van der Waals surface area (Å²) in [6.45, 7) is 15.3. The van der Waals surface area contributed by atoms with E-state index in [1.165, 1.54) is 18.1 Å². The Hall–Kier alpha value is -1.09. The highest BCUT2D eigenvalue weighted by Gasteiger charge is 2.55. The first kappa shape index (κ1) is 20.2. The van der Waals surface area contributed by atoms with Gasteiger partial charge in [0.1, 0.15) is 6.61 Å². The number of hydrogen-bond acceptors (Lipinski definition) is 3. The lowest BCUT2D eigenvalue weighted by Gasteiger charge is -2.59. The van der Waals surface area contributed by atoms with Gasteiger partial charge in [0.05, 0.1) is 6.10 Å². The number of esters is 1. The summed E-state index contributed by atoms with van der Waals surface area (Å²) < 4.78 is 5.01. The van der Waals surface area contributed by atoms with Crippen molar-refractivity contribution in [2.75, 3.05) is 6.61 Å². The number of allylic oxidation sites excluding steroid dienone is 2. The van der Waals surface area contributed by atoms with Crippen molar-refractivity contribution in [2.45, 2.75) is 79.2 Å². The van der Waals surface area contributed by atoms with Crippen LogP contribution in [0.5, 0.6) is 0 Å². The standard InChI is InChI=1S/C22H36O3/c1-15(12-14-25-17(3)23)7-9-18-16(2)8-10-19-21(4,5)20(24)11-13-22(18,19)6/h12,18-20,24H,2,7-11,13-14H2,1,3-6H3. The molecule has 0 aromatic rings. The van der Waals surface area contributed by atoms with Crippen LogP contribution in [-0.4, -0.2) is 23.8 Å². The molecular weight excluding hydrogens is 312 g/mol. The van der Waals surface area contributed by atoms with Gasteiger partial charge in [0.15, 0.2) is 0 Å². The lowest BCUT2D eigenvalue weighted by Crippen LogP contribution is -2.54. The Kier molecular flexibility index (Phi) is 6.19. The summed E-state index contributed by atoms with van der Waals surface area (Å²) >= 11 is 0. The van der Waals surface area contributed by atoms with Crippen LogP contribution in [0, 0.1) is 22.7 Å². The van der Waals surface area contributed by atoms with Crippen LogP contribution >= 0.6 is 0 Å². The number of fused-ring (bicyclic) bond motifs is 1. The minimum absolute atomic E-state index is 0.0217. The highest BCUT2D eigenvalue weighted by Crippen LogP contribution is 2.61. The van der Waals surface area contributed by atoms with Crippen molar-refractivity contribution in [3.05, 3.63) is 23.8 Å². The second kappa shape index (κ2) is 7.65. The van der Waals surface area contributed by atoms with Crippen molar-refractivity contribution in [2.24, 2.45) is 22.7 Å². The molecule has 2 aliphatic carbocycles. The molecule has 4 atom stereocenters. The molecule has 0 saturated heterocycles. The Bertz CT molecular complexity index is 545. The van der Waals surface area contributed by atoms with Gasteiger partial charge in [-0.1, -0.05) is 38.5 Å². The summed E-state index contributed by atoms with van der Waals surface area (Å²) in [7, 11) is 0. The first-order valence-corrected chi connectivity index (χ1v) is 9.73. The minimum Gasteiger partial charge on any atom is -0.462 e. The Morgan fingerprint density at radius 2 is 2.00 bits per heavy atom. The zero-order valence-corrected chi connectivity index (χ0v) is 16.7. The fourth-order valence-electron chi connectivity index (χ4n) is 5.47. The zero-order chi connectivity index (χ0) is 18.8. The molecular formula is C22H36O3. The van der Waals surface area contributed by atoms with Gasteiger partial charge in [0, 0.05) is 6.92 Å². The number of ether oxygens (including phenoxy) is 1. The molecule has 142 valence electrons. The molecule has 2 fully saturated rings. The largest absolute Gasteiger partial charge is 0.462 e.